The number of aromatic nitrogens is 2. The Kier molecular flexibility index (Phi) is 12.2. The molecular weight excluding hydrogens is 697 g/mol. The summed E-state index contributed by atoms with van der Waals surface area (Å²) in [5, 5.41) is 6.07. The van der Waals surface area contributed by atoms with Crippen molar-refractivity contribution in [3.8, 4) is 0 Å². The number of aryl methyl sites for hydroxylation is 2. The van der Waals surface area contributed by atoms with E-state index in [-0.39, 0.29) is 11.8 Å². The van der Waals surface area contributed by atoms with E-state index in [0.717, 1.165) is 166 Å². The fraction of sp³-hybridized carbons (Fsp3) is 0.617. The Balaban J connectivity index is 0.000000161. The molecule has 9 nitrogen and oxygen atoms in total. The number of carbonyl (C=O) groups is 2. The highest BCUT2D eigenvalue weighted by molar-refractivity contribution is 6.00. The smallest absolute Gasteiger partial charge is 0.253 e. The molecule has 0 spiro atoms. The lowest BCUT2D eigenvalue weighted by molar-refractivity contribution is 0.0289. The maximum atomic E-state index is 13.3. The summed E-state index contributed by atoms with van der Waals surface area (Å²) >= 11 is 0. The van der Waals surface area contributed by atoms with Crippen molar-refractivity contribution in [3.63, 3.8) is 0 Å². The zero-order chi connectivity index (χ0) is 38.8. The van der Waals surface area contributed by atoms with Gasteiger partial charge in [0.05, 0.1) is 0 Å². The predicted octanol–water partition coefficient (Wildman–Crippen LogP) is 8.03. The first-order chi connectivity index (χ1) is 27.3. The van der Waals surface area contributed by atoms with Gasteiger partial charge in [-0.1, -0.05) is 27.7 Å². The Morgan fingerprint density at radius 3 is 1.73 bits per heavy atom. The molecule has 7 heterocycles. The Morgan fingerprint density at radius 1 is 0.679 bits per heavy atom. The molecule has 0 radical (unpaired) electrons. The molecule has 2 aromatic carbocycles. The fourth-order valence-corrected chi connectivity index (χ4v) is 10.2. The first kappa shape index (κ1) is 39.2. The molecule has 2 amide bonds. The van der Waals surface area contributed by atoms with E-state index in [2.05, 4.69) is 82.3 Å². The molecule has 2 aromatic heterocycles. The number of nitrogens with zero attached hydrogens (tertiary/aromatic N) is 5. The lowest BCUT2D eigenvalue weighted by Crippen LogP contribution is -2.42. The van der Waals surface area contributed by atoms with Gasteiger partial charge >= 0.3 is 0 Å². The predicted molar refractivity (Wildman–Crippen MR) is 226 cm³/mol. The summed E-state index contributed by atoms with van der Waals surface area (Å²) in [5.41, 5.74) is 10.1. The lowest BCUT2D eigenvalue weighted by Gasteiger charge is -2.37. The summed E-state index contributed by atoms with van der Waals surface area (Å²) < 4.78 is 10.6. The van der Waals surface area contributed by atoms with Crippen molar-refractivity contribution in [1.82, 2.24) is 29.2 Å². The van der Waals surface area contributed by atoms with Gasteiger partial charge in [-0.25, -0.2) is 0 Å². The van der Waals surface area contributed by atoms with Gasteiger partial charge in [0.15, 0.2) is 0 Å². The molecule has 4 aromatic rings. The second-order valence-corrected chi connectivity index (χ2v) is 17.6. The van der Waals surface area contributed by atoms with Gasteiger partial charge in [-0.3, -0.25) is 14.5 Å². The third-order valence-electron chi connectivity index (χ3n) is 13.6. The van der Waals surface area contributed by atoms with Gasteiger partial charge in [0.25, 0.3) is 11.8 Å². The van der Waals surface area contributed by atoms with E-state index in [4.69, 9.17) is 4.74 Å². The van der Waals surface area contributed by atoms with Crippen LogP contribution in [0.4, 0.5) is 0 Å². The second-order valence-electron chi connectivity index (χ2n) is 17.6. The fourth-order valence-electron chi connectivity index (χ4n) is 10.2. The minimum atomic E-state index is 0.203. The molecular formula is C47H66N6O3. The third kappa shape index (κ3) is 7.93. The van der Waals surface area contributed by atoms with E-state index in [1.54, 1.807) is 0 Å². The molecule has 0 saturated carbocycles. The number of amides is 2. The van der Waals surface area contributed by atoms with Crippen LogP contribution in [0.1, 0.15) is 122 Å². The molecule has 0 bridgehead atoms. The van der Waals surface area contributed by atoms with E-state index >= 15 is 0 Å². The van der Waals surface area contributed by atoms with E-state index in [0.29, 0.717) is 6.04 Å². The minimum absolute atomic E-state index is 0.203. The first-order valence-electron chi connectivity index (χ1n) is 22.2. The van der Waals surface area contributed by atoms with Gasteiger partial charge in [-0.2, -0.15) is 0 Å². The van der Waals surface area contributed by atoms with Crippen LogP contribution in [0, 0.1) is 11.8 Å². The highest BCUT2D eigenvalue weighted by Crippen LogP contribution is 2.35. The number of piperidine rings is 2. The largest absolute Gasteiger partial charge is 0.381 e. The molecule has 0 aliphatic carbocycles. The van der Waals surface area contributed by atoms with Crippen LogP contribution in [0.15, 0.2) is 36.4 Å². The molecule has 3 fully saturated rings. The molecule has 0 unspecified atom stereocenters. The van der Waals surface area contributed by atoms with Crippen LogP contribution in [-0.2, 0) is 43.8 Å². The zero-order valence-corrected chi connectivity index (χ0v) is 34.7. The minimum Gasteiger partial charge on any atom is -0.381 e. The molecule has 5 aliphatic rings. The Hall–Kier alpha value is -3.66. The van der Waals surface area contributed by atoms with Crippen LogP contribution in [0.5, 0.6) is 0 Å². The summed E-state index contributed by atoms with van der Waals surface area (Å²) in [6, 6.07) is 13.5. The zero-order valence-electron chi connectivity index (χ0n) is 34.7. The van der Waals surface area contributed by atoms with Crippen molar-refractivity contribution in [2.45, 2.75) is 124 Å². The van der Waals surface area contributed by atoms with Crippen molar-refractivity contribution >= 4 is 33.6 Å². The maximum Gasteiger partial charge on any atom is 0.253 e. The molecule has 56 heavy (non-hydrogen) atoms. The van der Waals surface area contributed by atoms with Gasteiger partial charge < -0.3 is 29.0 Å². The SMILES string of the molecule is CCCn1c2c(c3cc(C(=O)N4CCC(C)CC4)ccc31)CN(C1CCOCC1)CC2.CCCn1c2c(c3cc(C(=O)N4CCC(C)CC4)ccc31)CNCC2. The van der Waals surface area contributed by atoms with Gasteiger partial charge in [0.1, 0.15) is 0 Å². The number of hydrogen-bond acceptors (Lipinski definition) is 5. The van der Waals surface area contributed by atoms with Gasteiger partial charge in [-0.05, 0) is 111 Å². The summed E-state index contributed by atoms with van der Waals surface area (Å²) in [5.74, 6) is 1.89. The summed E-state index contributed by atoms with van der Waals surface area (Å²) in [6.45, 7) is 20.6. The van der Waals surface area contributed by atoms with Crippen LogP contribution in [0.2, 0.25) is 0 Å². The molecule has 9 rings (SSSR count). The van der Waals surface area contributed by atoms with Crippen LogP contribution in [0.3, 0.4) is 0 Å². The monoisotopic (exact) mass is 763 g/mol. The van der Waals surface area contributed by atoms with Crippen molar-refractivity contribution < 1.29 is 14.3 Å². The normalized spacial score (nSPS) is 20.2. The highest BCUT2D eigenvalue weighted by atomic mass is 16.5. The summed E-state index contributed by atoms with van der Waals surface area (Å²) in [6.07, 6.45) is 11.2. The second kappa shape index (κ2) is 17.5. The van der Waals surface area contributed by atoms with E-state index in [1.165, 1.54) is 44.3 Å². The average molecular weight is 763 g/mol. The number of hydrogen-bond donors (Lipinski definition) is 1. The molecule has 302 valence electrons. The highest BCUT2D eigenvalue weighted by Gasteiger charge is 2.30. The number of ether oxygens (including phenoxy) is 1. The quantitative estimate of drug-likeness (QED) is 0.207. The van der Waals surface area contributed by atoms with Crippen molar-refractivity contribution in [3.05, 3.63) is 70.0 Å². The number of likely N-dealkylation sites (tertiary alicyclic amines) is 2. The van der Waals surface area contributed by atoms with Gasteiger partial charge in [0.2, 0.25) is 0 Å². The first-order valence-corrected chi connectivity index (χ1v) is 22.2. The van der Waals surface area contributed by atoms with E-state index in [9.17, 15) is 9.59 Å². The number of fused-ring (bicyclic) bond motifs is 6. The molecule has 9 heteroatoms. The van der Waals surface area contributed by atoms with Crippen molar-refractivity contribution in [2.75, 3.05) is 52.5 Å². The standard InChI is InChI=1S/C26H37N3O2.C21H29N3O/c1-3-11-29-24-5-4-20(26(30)27-12-6-19(2)7-13-27)17-22(24)23-18-28(14-8-25(23)29)21-9-15-31-16-10-21;1-3-10-24-19-5-4-16(21(25)23-11-7-15(2)8-12-23)13-17(19)18-14-22-9-6-20(18)24/h4-5,17,19,21H,3,6-16,18H2,1-2H3;4-5,13,15,22H,3,6-12,14H2,1-2H3. The molecule has 0 atom stereocenters. The van der Waals surface area contributed by atoms with Gasteiger partial charge in [-0.15, -0.1) is 0 Å². The maximum absolute atomic E-state index is 13.3. The summed E-state index contributed by atoms with van der Waals surface area (Å²) in [7, 11) is 0. The van der Waals surface area contributed by atoms with Crippen LogP contribution in [-0.4, -0.2) is 94.2 Å². The lowest BCUT2D eigenvalue weighted by atomic mass is 9.97. The molecule has 5 aliphatic heterocycles. The van der Waals surface area contributed by atoms with Crippen LogP contribution >= 0.6 is 0 Å². The Labute approximate surface area is 334 Å². The van der Waals surface area contributed by atoms with Crippen molar-refractivity contribution in [1.29, 1.82) is 0 Å². The Morgan fingerprint density at radius 2 is 1.20 bits per heavy atom. The summed E-state index contributed by atoms with van der Waals surface area (Å²) in [4.78, 5) is 33.0. The van der Waals surface area contributed by atoms with Gasteiger partial charge in [0, 0.05) is 142 Å². The van der Waals surface area contributed by atoms with Crippen LogP contribution in [0.25, 0.3) is 21.8 Å². The Bertz CT molecular complexity index is 2010. The number of carbonyl (C=O) groups excluding carboxylic acids is 2. The molecule has 3 saturated heterocycles. The number of nitrogens with one attached hydrogen (secondary N) is 1. The number of benzene rings is 2. The molecule has 1 N–H and O–H groups in total. The average Bonchev–Trinajstić information content (AvgIpc) is 3.72. The van der Waals surface area contributed by atoms with E-state index in [1.807, 2.05) is 11.0 Å². The van der Waals surface area contributed by atoms with Crippen molar-refractivity contribution in [2.24, 2.45) is 11.8 Å². The number of rotatable bonds is 7. The van der Waals surface area contributed by atoms with Crippen LogP contribution < -0.4 is 5.32 Å². The third-order valence-corrected chi connectivity index (χ3v) is 13.6. The topological polar surface area (TPSA) is 75.0 Å². The van der Waals surface area contributed by atoms with E-state index < -0.39 is 0 Å².